The second-order valence-electron chi connectivity index (χ2n) is 11.6. The minimum Gasteiger partial charge on any atom is -0.370 e. The maximum atomic E-state index is 14.1. The van der Waals surface area contributed by atoms with Gasteiger partial charge >= 0.3 is 12.4 Å². The van der Waals surface area contributed by atoms with E-state index in [4.69, 9.17) is 5.73 Å². The van der Waals surface area contributed by atoms with Crippen molar-refractivity contribution in [3.8, 4) is 0 Å². The van der Waals surface area contributed by atoms with Crippen LogP contribution in [0, 0.1) is 0 Å². The first-order chi connectivity index (χ1) is 21.7. The summed E-state index contributed by atoms with van der Waals surface area (Å²) in [5.41, 5.74) is 2.98. The van der Waals surface area contributed by atoms with Crippen molar-refractivity contribution in [1.82, 2.24) is 15.1 Å². The number of piperidine rings is 1. The molecule has 244 valence electrons. The Morgan fingerprint density at radius 2 is 1.43 bits per heavy atom. The van der Waals surface area contributed by atoms with Crippen LogP contribution >= 0.6 is 0 Å². The van der Waals surface area contributed by atoms with E-state index in [2.05, 4.69) is 10.2 Å². The van der Waals surface area contributed by atoms with E-state index < -0.39 is 71.7 Å². The number of carbonyl (C=O) groups excluding carboxylic acids is 3. The zero-order valence-electron chi connectivity index (χ0n) is 24.6. The van der Waals surface area contributed by atoms with Crippen LogP contribution in [0.2, 0.25) is 0 Å². The number of likely N-dealkylation sites (tertiary alicyclic amines) is 1. The second-order valence-corrected chi connectivity index (χ2v) is 11.6. The lowest BCUT2D eigenvalue weighted by Crippen LogP contribution is -2.51. The molecule has 0 aromatic heterocycles. The molecule has 3 aromatic carbocycles. The molecule has 2 aliphatic rings. The number of primary amides is 1. The number of hydrogen-bond donors (Lipinski definition) is 2. The zero-order valence-corrected chi connectivity index (χ0v) is 24.6. The highest BCUT2D eigenvalue weighted by atomic mass is 19.4. The fraction of sp³-hybridized carbons (Fsp3) is 0.364. The van der Waals surface area contributed by atoms with Crippen molar-refractivity contribution in [2.75, 3.05) is 19.6 Å². The fourth-order valence-corrected chi connectivity index (χ4v) is 6.24. The smallest absolute Gasteiger partial charge is 0.370 e. The predicted octanol–water partition coefficient (Wildman–Crippen LogP) is 5.66. The second kappa shape index (κ2) is 13.1. The molecule has 1 fully saturated rings. The first kappa shape index (κ1) is 33.0. The Morgan fingerprint density at radius 3 is 2.02 bits per heavy atom. The van der Waals surface area contributed by atoms with E-state index in [1.165, 1.54) is 24.3 Å². The van der Waals surface area contributed by atoms with Gasteiger partial charge in [0, 0.05) is 44.2 Å². The number of rotatable bonds is 8. The molecule has 3 amide bonds. The van der Waals surface area contributed by atoms with Crippen LogP contribution in [0.1, 0.15) is 69.4 Å². The number of nitrogens with zero attached hydrogens (tertiary/aromatic N) is 2. The SMILES string of the molecule is NC(=O)CCN1C(=O)c2ccccc2C(C(=O)NC2CCN(Cc3ccccc3)CC2)C1c1cc(C(F)(F)F)cc(C(F)(F)F)c1. The molecular formula is C33H32F6N4O3. The van der Waals surface area contributed by atoms with E-state index in [1.807, 2.05) is 30.3 Å². The fourth-order valence-electron chi connectivity index (χ4n) is 6.24. The van der Waals surface area contributed by atoms with Crippen LogP contribution in [0.25, 0.3) is 0 Å². The lowest BCUT2D eigenvalue weighted by Gasteiger charge is -2.43. The maximum Gasteiger partial charge on any atom is 0.416 e. The topological polar surface area (TPSA) is 95.7 Å². The summed E-state index contributed by atoms with van der Waals surface area (Å²) in [6, 6.07) is 14.9. The molecule has 3 N–H and O–H groups in total. The number of nitrogens with two attached hydrogens (primary N) is 1. The van der Waals surface area contributed by atoms with E-state index >= 15 is 0 Å². The van der Waals surface area contributed by atoms with Crippen LogP contribution in [0.15, 0.2) is 72.8 Å². The number of fused-ring (bicyclic) bond motifs is 1. The normalized spacial score (nSPS) is 19.5. The van der Waals surface area contributed by atoms with Crippen LogP contribution in [0.4, 0.5) is 26.3 Å². The predicted molar refractivity (Wildman–Crippen MR) is 156 cm³/mol. The van der Waals surface area contributed by atoms with Crippen molar-refractivity contribution < 1.29 is 40.7 Å². The first-order valence-electron chi connectivity index (χ1n) is 14.8. The van der Waals surface area contributed by atoms with Gasteiger partial charge in [0.05, 0.1) is 23.1 Å². The summed E-state index contributed by atoms with van der Waals surface area (Å²) < 4.78 is 83.5. The number of benzene rings is 3. The summed E-state index contributed by atoms with van der Waals surface area (Å²) in [7, 11) is 0. The summed E-state index contributed by atoms with van der Waals surface area (Å²) in [5, 5.41) is 2.96. The highest BCUT2D eigenvalue weighted by Gasteiger charge is 2.46. The molecule has 2 aliphatic heterocycles. The monoisotopic (exact) mass is 646 g/mol. The van der Waals surface area contributed by atoms with Crippen LogP contribution < -0.4 is 11.1 Å². The maximum absolute atomic E-state index is 14.1. The molecule has 13 heteroatoms. The van der Waals surface area contributed by atoms with Crippen LogP contribution in [-0.4, -0.2) is 53.2 Å². The standard InChI is InChI=1S/C33H32F6N4O3/c34-32(35,36)22-16-21(17-23(18-22)33(37,38)39)29-28(25-8-4-5-9-26(25)31(46)43(29)15-12-27(40)44)30(45)41-24-10-13-42(14-11-24)19-20-6-2-1-3-7-20/h1-9,16-18,24,28-29H,10-15,19H2,(H2,40,44)(H,41,45). The van der Waals surface area contributed by atoms with Crippen molar-refractivity contribution in [2.45, 2.75) is 56.2 Å². The van der Waals surface area contributed by atoms with Crippen molar-refractivity contribution in [1.29, 1.82) is 0 Å². The van der Waals surface area contributed by atoms with Crippen LogP contribution in [-0.2, 0) is 28.5 Å². The van der Waals surface area contributed by atoms with E-state index in [-0.39, 0.29) is 23.2 Å². The van der Waals surface area contributed by atoms with Gasteiger partial charge < -0.3 is 16.0 Å². The molecule has 2 atom stereocenters. The summed E-state index contributed by atoms with van der Waals surface area (Å²) >= 11 is 0. The number of amides is 3. The lowest BCUT2D eigenvalue weighted by atomic mass is 9.78. The number of nitrogens with one attached hydrogen (secondary N) is 1. The summed E-state index contributed by atoms with van der Waals surface area (Å²) in [4.78, 5) is 42.8. The summed E-state index contributed by atoms with van der Waals surface area (Å²) in [6.45, 7) is 1.59. The van der Waals surface area contributed by atoms with E-state index in [0.717, 1.165) is 10.5 Å². The Bertz CT molecular complexity index is 1550. The quantitative estimate of drug-likeness (QED) is 0.309. The number of carbonyl (C=O) groups is 3. The molecule has 0 aliphatic carbocycles. The van der Waals surface area contributed by atoms with E-state index in [1.54, 1.807) is 0 Å². The Balaban J connectivity index is 1.52. The Kier molecular flexibility index (Phi) is 9.43. The molecule has 2 unspecified atom stereocenters. The Labute approximate surface area is 261 Å². The molecule has 46 heavy (non-hydrogen) atoms. The van der Waals surface area contributed by atoms with Crippen molar-refractivity contribution in [3.63, 3.8) is 0 Å². The highest BCUT2D eigenvalue weighted by molar-refractivity contribution is 6.01. The molecule has 1 saturated heterocycles. The average Bonchev–Trinajstić information content (AvgIpc) is 3.00. The van der Waals surface area contributed by atoms with E-state index in [9.17, 15) is 40.7 Å². The third-order valence-corrected chi connectivity index (χ3v) is 8.45. The Hall–Kier alpha value is -4.39. The van der Waals surface area contributed by atoms with Crippen molar-refractivity contribution in [2.24, 2.45) is 5.73 Å². The third kappa shape index (κ3) is 7.35. The van der Waals surface area contributed by atoms with Crippen molar-refractivity contribution >= 4 is 17.7 Å². The molecule has 2 heterocycles. The van der Waals surface area contributed by atoms with Gasteiger partial charge in [-0.2, -0.15) is 26.3 Å². The number of halogens is 6. The van der Waals surface area contributed by atoms with E-state index in [0.29, 0.717) is 44.6 Å². The number of alkyl halides is 6. The minimum absolute atomic E-state index is 0.00581. The number of hydrogen-bond acceptors (Lipinski definition) is 4. The first-order valence-corrected chi connectivity index (χ1v) is 14.8. The Morgan fingerprint density at radius 1 is 0.848 bits per heavy atom. The molecule has 0 spiro atoms. The molecule has 0 bridgehead atoms. The minimum atomic E-state index is -5.16. The average molecular weight is 647 g/mol. The van der Waals surface area contributed by atoms with Gasteiger partial charge in [-0.15, -0.1) is 0 Å². The van der Waals surface area contributed by atoms with Gasteiger partial charge in [-0.25, -0.2) is 0 Å². The van der Waals surface area contributed by atoms with Gasteiger partial charge in [0.2, 0.25) is 11.8 Å². The van der Waals surface area contributed by atoms with Crippen LogP contribution in [0.5, 0.6) is 0 Å². The third-order valence-electron chi connectivity index (χ3n) is 8.45. The zero-order chi connectivity index (χ0) is 33.2. The molecule has 0 radical (unpaired) electrons. The summed E-state index contributed by atoms with van der Waals surface area (Å²) in [5.74, 6) is -3.62. The van der Waals surface area contributed by atoms with Gasteiger partial charge in [-0.05, 0) is 53.8 Å². The van der Waals surface area contributed by atoms with Gasteiger partial charge in [0.15, 0.2) is 0 Å². The molecule has 5 rings (SSSR count). The van der Waals surface area contributed by atoms with Gasteiger partial charge in [-0.3, -0.25) is 19.3 Å². The van der Waals surface area contributed by atoms with Gasteiger partial charge in [0.1, 0.15) is 0 Å². The summed E-state index contributed by atoms with van der Waals surface area (Å²) in [6.07, 6.45) is -9.62. The largest absolute Gasteiger partial charge is 0.416 e. The molecule has 0 saturated carbocycles. The van der Waals surface area contributed by atoms with Crippen molar-refractivity contribution in [3.05, 3.63) is 106 Å². The van der Waals surface area contributed by atoms with Crippen LogP contribution in [0.3, 0.4) is 0 Å². The molecular weight excluding hydrogens is 614 g/mol. The molecule has 7 nitrogen and oxygen atoms in total. The highest BCUT2D eigenvalue weighted by Crippen LogP contribution is 2.46. The van der Waals surface area contributed by atoms with Gasteiger partial charge in [-0.1, -0.05) is 48.5 Å². The lowest BCUT2D eigenvalue weighted by molar-refractivity contribution is -0.143. The van der Waals surface area contributed by atoms with Gasteiger partial charge in [0.25, 0.3) is 5.91 Å². The molecule has 3 aromatic rings.